The molecule has 1 saturated heterocycles. The number of aliphatic hydroxyl groups is 1. The fourth-order valence-electron chi connectivity index (χ4n) is 5.15. The predicted octanol–water partition coefficient (Wildman–Crippen LogP) is 4.53. The van der Waals surface area contributed by atoms with E-state index in [9.17, 15) is 15.0 Å². The lowest BCUT2D eigenvalue weighted by molar-refractivity contribution is -0.139. The van der Waals surface area contributed by atoms with Gasteiger partial charge in [0.25, 0.3) is 0 Å². The number of piperidine rings is 1. The van der Waals surface area contributed by atoms with Crippen LogP contribution in [0.15, 0.2) is 54.7 Å². The maximum absolute atomic E-state index is 11.6. The van der Waals surface area contributed by atoms with Gasteiger partial charge in [-0.2, -0.15) is 0 Å². The number of nitrogens with zero attached hydrogens (tertiary/aromatic N) is 2. The quantitative estimate of drug-likeness (QED) is 0.415. The molecular formula is C30H34N2O5. The van der Waals surface area contributed by atoms with Gasteiger partial charge in [0.2, 0.25) is 0 Å². The van der Waals surface area contributed by atoms with E-state index in [-0.39, 0.29) is 18.3 Å². The molecule has 3 atom stereocenters. The molecule has 0 unspecified atom stereocenters. The number of methoxy groups -OCH3 is 2. The van der Waals surface area contributed by atoms with Crippen LogP contribution in [0.5, 0.6) is 11.5 Å². The lowest BCUT2D eigenvalue weighted by Gasteiger charge is -2.37. The monoisotopic (exact) mass is 502 g/mol. The molecule has 2 N–H and O–H groups in total. The van der Waals surface area contributed by atoms with Gasteiger partial charge in [-0.3, -0.25) is 14.7 Å². The molecule has 194 valence electrons. The Bertz CT molecular complexity index is 1260. The van der Waals surface area contributed by atoms with Gasteiger partial charge in [0, 0.05) is 30.1 Å². The van der Waals surface area contributed by atoms with Crippen molar-refractivity contribution >= 4 is 16.9 Å². The van der Waals surface area contributed by atoms with Crippen molar-refractivity contribution in [2.24, 2.45) is 11.8 Å². The first-order valence-corrected chi connectivity index (χ1v) is 12.6. The molecule has 7 nitrogen and oxygen atoms in total. The normalized spacial score (nSPS) is 18.6. The summed E-state index contributed by atoms with van der Waals surface area (Å²) in [5.41, 5.74) is 2.56. The van der Waals surface area contributed by atoms with Gasteiger partial charge in [-0.05, 0) is 91.7 Å². The van der Waals surface area contributed by atoms with Crippen LogP contribution in [0.3, 0.4) is 0 Å². The molecule has 0 bridgehead atoms. The van der Waals surface area contributed by atoms with Gasteiger partial charge in [0.1, 0.15) is 11.5 Å². The number of benzene rings is 2. The fraction of sp³-hybridized carbons (Fsp3) is 0.400. The zero-order valence-corrected chi connectivity index (χ0v) is 21.4. The summed E-state index contributed by atoms with van der Waals surface area (Å²) in [4.78, 5) is 18.2. The standard InChI is InChI=1S/C30H34N2O5/c1-36-24-8-5-21(6-9-24)4-3-16-32-17-14-22(23(20-32)18-30(34)35)7-12-29(33)26-13-15-31-28-11-10-25(37-2)19-27(26)28/h5-6,8-11,13,15,19,22-23,29,33H,7,12,14,16-18,20H2,1-2H3,(H,34,35)/t22-,23+,29+/m1/s1. The van der Waals surface area contributed by atoms with E-state index in [0.29, 0.717) is 19.5 Å². The summed E-state index contributed by atoms with van der Waals surface area (Å²) in [5.74, 6) is 7.40. The second-order valence-electron chi connectivity index (χ2n) is 9.55. The average Bonchev–Trinajstić information content (AvgIpc) is 2.91. The second-order valence-corrected chi connectivity index (χ2v) is 9.55. The van der Waals surface area contributed by atoms with Gasteiger partial charge in [-0.25, -0.2) is 0 Å². The van der Waals surface area contributed by atoms with Crippen molar-refractivity contribution in [1.82, 2.24) is 9.88 Å². The Morgan fingerprint density at radius 1 is 1.11 bits per heavy atom. The first-order chi connectivity index (χ1) is 18.0. The average molecular weight is 503 g/mol. The highest BCUT2D eigenvalue weighted by molar-refractivity contribution is 5.83. The minimum atomic E-state index is -0.783. The summed E-state index contributed by atoms with van der Waals surface area (Å²) in [6, 6.07) is 15.1. The van der Waals surface area contributed by atoms with Crippen molar-refractivity contribution in [2.75, 3.05) is 33.9 Å². The van der Waals surface area contributed by atoms with Gasteiger partial charge >= 0.3 is 5.97 Å². The van der Waals surface area contributed by atoms with Crippen LogP contribution in [0.1, 0.15) is 42.9 Å². The lowest BCUT2D eigenvalue weighted by Crippen LogP contribution is -2.41. The van der Waals surface area contributed by atoms with Gasteiger partial charge in [0.15, 0.2) is 0 Å². The number of hydrogen-bond acceptors (Lipinski definition) is 6. The van der Waals surface area contributed by atoms with Gasteiger partial charge in [0.05, 0.1) is 32.4 Å². The maximum Gasteiger partial charge on any atom is 0.303 e. The molecule has 2 heterocycles. The number of hydrogen-bond donors (Lipinski definition) is 2. The SMILES string of the molecule is COc1ccc(C#CCN2CC[C@@H](CC[C@H](O)c3ccnc4ccc(OC)cc34)[C@@H](CC(=O)O)C2)cc1. The van der Waals surface area contributed by atoms with E-state index < -0.39 is 12.1 Å². The van der Waals surface area contributed by atoms with E-state index in [1.165, 1.54) is 0 Å². The molecule has 37 heavy (non-hydrogen) atoms. The van der Waals surface area contributed by atoms with Gasteiger partial charge in [-0.15, -0.1) is 0 Å². The summed E-state index contributed by atoms with van der Waals surface area (Å²) < 4.78 is 10.5. The molecule has 0 radical (unpaired) electrons. The summed E-state index contributed by atoms with van der Waals surface area (Å²) in [5, 5.41) is 21.5. The van der Waals surface area contributed by atoms with E-state index >= 15 is 0 Å². The molecule has 4 rings (SSSR count). The molecule has 0 saturated carbocycles. The van der Waals surface area contributed by atoms with Crippen molar-refractivity contribution in [1.29, 1.82) is 0 Å². The Labute approximate surface area is 218 Å². The third-order valence-corrected chi connectivity index (χ3v) is 7.19. The summed E-state index contributed by atoms with van der Waals surface area (Å²) >= 11 is 0. The number of carboxylic acid groups (broad SMARTS) is 1. The number of aliphatic carboxylic acids is 1. The number of pyridine rings is 1. The van der Waals surface area contributed by atoms with Crippen molar-refractivity contribution in [2.45, 2.75) is 31.8 Å². The van der Waals surface area contributed by atoms with Crippen LogP contribution in [0, 0.1) is 23.7 Å². The highest BCUT2D eigenvalue weighted by Gasteiger charge is 2.31. The van der Waals surface area contributed by atoms with Crippen LogP contribution in [-0.4, -0.2) is 59.9 Å². The molecule has 1 aromatic heterocycles. The van der Waals surface area contributed by atoms with Crippen molar-refractivity contribution < 1.29 is 24.5 Å². The molecule has 0 amide bonds. The van der Waals surface area contributed by atoms with E-state index in [1.807, 2.05) is 48.5 Å². The first kappa shape index (κ1) is 26.5. The van der Waals surface area contributed by atoms with Crippen LogP contribution in [-0.2, 0) is 4.79 Å². The number of aromatic nitrogens is 1. The van der Waals surface area contributed by atoms with Crippen LogP contribution >= 0.6 is 0 Å². The summed E-state index contributed by atoms with van der Waals surface area (Å²) in [6.45, 7) is 2.16. The number of aliphatic hydroxyl groups excluding tert-OH is 1. The number of carboxylic acids is 1. The Morgan fingerprint density at radius 2 is 1.86 bits per heavy atom. The second kappa shape index (κ2) is 12.6. The van der Waals surface area contributed by atoms with E-state index in [4.69, 9.17) is 9.47 Å². The summed E-state index contributed by atoms with van der Waals surface area (Å²) in [7, 11) is 3.25. The smallest absolute Gasteiger partial charge is 0.303 e. The fourth-order valence-corrected chi connectivity index (χ4v) is 5.15. The molecular weight excluding hydrogens is 468 g/mol. The molecule has 1 aliphatic heterocycles. The van der Waals surface area contributed by atoms with Crippen molar-refractivity contribution in [3.05, 3.63) is 65.9 Å². The minimum absolute atomic E-state index is 0.0236. The number of ether oxygens (including phenoxy) is 2. The highest BCUT2D eigenvalue weighted by Crippen LogP contribution is 2.34. The molecule has 3 aromatic rings. The van der Waals surface area contributed by atoms with Gasteiger partial charge in [-0.1, -0.05) is 11.8 Å². The lowest BCUT2D eigenvalue weighted by atomic mass is 9.79. The van der Waals surface area contributed by atoms with Gasteiger partial charge < -0.3 is 19.7 Å². The zero-order valence-electron chi connectivity index (χ0n) is 21.4. The van der Waals surface area contributed by atoms with E-state index in [1.54, 1.807) is 20.4 Å². The summed E-state index contributed by atoms with van der Waals surface area (Å²) in [6.07, 6.45) is 3.40. The Balaban J connectivity index is 1.37. The predicted molar refractivity (Wildman–Crippen MR) is 143 cm³/mol. The van der Waals surface area contributed by atoms with Crippen LogP contribution in [0.25, 0.3) is 10.9 Å². The first-order valence-electron chi connectivity index (χ1n) is 12.6. The third-order valence-electron chi connectivity index (χ3n) is 7.19. The Hall–Kier alpha value is -3.60. The topological polar surface area (TPSA) is 92.1 Å². The molecule has 1 aliphatic rings. The number of carbonyl (C=O) groups is 1. The largest absolute Gasteiger partial charge is 0.497 e. The van der Waals surface area contributed by atoms with Crippen molar-refractivity contribution in [3.63, 3.8) is 0 Å². The molecule has 7 heteroatoms. The molecule has 0 spiro atoms. The zero-order chi connectivity index (χ0) is 26.2. The molecule has 2 aromatic carbocycles. The number of likely N-dealkylation sites (tertiary alicyclic amines) is 1. The van der Waals surface area contributed by atoms with Crippen LogP contribution < -0.4 is 9.47 Å². The minimum Gasteiger partial charge on any atom is -0.497 e. The highest BCUT2D eigenvalue weighted by atomic mass is 16.5. The van der Waals surface area contributed by atoms with Crippen molar-refractivity contribution in [3.8, 4) is 23.3 Å². The third kappa shape index (κ3) is 7.00. The number of fused-ring (bicyclic) bond motifs is 1. The van der Waals surface area contributed by atoms with E-state index in [0.717, 1.165) is 52.9 Å². The maximum atomic E-state index is 11.6. The Kier molecular flexibility index (Phi) is 8.99. The van der Waals surface area contributed by atoms with E-state index in [2.05, 4.69) is 21.7 Å². The molecule has 0 aliphatic carbocycles. The molecule has 1 fully saturated rings. The Morgan fingerprint density at radius 3 is 2.59 bits per heavy atom. The number of rotatable bonds is 9. The van der Waals surface area contributed by atoms with Crippen LogP contribution in [0.4, 0.5) is 0 Å². The van der Waals surface area contributed by atoms with Crippen LogP contribution in [0.2, 0.25) is 0 Å².